The third-order valence-corrected chi connectivity index (χ3v) is 2.24. The highest BCUT2D eigenvalue weighted by Crippen LogP contribution is 2.18. The van der Waals surface area contributed by atoms with Gasteiger partial charge in [-0.15, -0.1) is 0 Å². The molecule has 4 heteroatoms. The molecule has 0 atom stereocenters. The number of rotatable bonds is 2. The molecule has 1 aliphatic carbocycles. The molecule has 2 N–H and O–H groups in total. The first-order valence-electron chi connectivity index (χ1n) is 5.06. The molecular formula is C13H11ClN2O. The number of ether oxygens (including phenoxy) is 1. The average Bonchev–Trinajstić information content (AvgIpc) is 2.28. The van der Waals surface area contributed by atoms with E-state index in [0.29, 0.717) is 22.4 Å². The molecule has 3 nitrogen and oxygen atoms in total. The van der Waals surface area contributed by atoms with E-state index in [1.54, 1.807) is 30.5 Å². The number of aromatic nitrogens is 1. The molecule has 0 aromatic carbocycles. The highest BCUT2D eigenvalue weighted by Gasteiger charge is 1.99. The molecule has 0 radical (unpaired) electrons. The van der Waals surface area contributed by atoms with Crippen LogP contribution in [0.1, 0.15) is 0 Å². The highest BCUT2D eigenvalue weighted by atomic mass is 35.5. The monoisotopic (exact) mass is 246 g/mol. The third kappa shape index (κ3) is 3.50. The van der Waals surface area contributed by atoms with Gasteiger partial charge in [-0.05, 0) is 30.4 Å². The van der Waals surface area contributed by atoms with Crippen molar-refractivity contribution in [1.82, 2.24) is 4.98 Å². The molecule has 0 unspecified atom stereocenters. The Balaban J connectivity index is 2.16. The largest absolute Gasteiger partial charge is 0.457 e. The summed E-state index contributed by atoms with van der Waals surface area (Å²) >= 11 is 5.77. The molecule has 2 rings (SSSR count). The predicted octanol–water partition coefficient (Wildman–Crippen LogP) is 2.97. The van der Waals surface area contributed by atoms with E-state index < -0.39 is 0 Å². The van der Waals surface area contributed by atoms with Gasteiger partial charge in [0.05, 0.1) is 0 Å². The minimum Gasteiger partial charge on any atom is -0.457 e. The molecule has 17 heavy (non-hydrogen) atoms. The topological polar surface area (TPSA) is 48.1 Å². The van der Waals surface area contributed by atoms with Crippen LogP contribution in [0, 0.1) is 0 Å². The Kier molecular flexibility index (Phi) is 3.62. The van der Waals surface area contributed by atoms with Crippen LogP contribution < -0.4 is 10.5 Å². The van der Waals surface area contributed by atoms with Gasteiger partial charge in [0.1, 0.15) is 16.7 Å². The molecule has 86 valence electrons. The normalized spacial score (nSPS) is 24.5. The zero-order valence-corrected chi connectivity index (χ0v) is 9.76. The van der Waals surface area contributed by atoms with Gasteiger partial charge in [0, 0.05) is 18.0 Å². The molecule has 0 saturated heterocycles. The van der Waals surface area contributed by atoms with Crippen molar-refractivity contribution >= 4 is 11.6 Å². The fourth-order valence-corrected chi connectivity index (χ4v) is 1.42. The molecule has 0 bridgehead atoms. The van der Waals surface area contributed by atoms with Crippen LogP contribution in [0.15, 0.2) is 66.2 Å². The van der Waals surface area contributed by atoms with Crippen LogP contribution in [0.25, 0.3) is 0 Å². The van der Waals surface area contributed by atoms with Crippen LogP contribution in [-0.4, -0.2) is 4.98 Å². The van der Waals surface area contributed by atoms with Crippen LogP contribution in [0.3, 0.4) is 0 Å². The van der Waals surface area contributed by atoms with E-state index in [2.05, 4.69) is 4.98 Å². The van der Waals surface area contributed by atoms with Gasteiger partial charge in [-0.1, -0.05) is 23.8 Å². The fraction of sp³-hybridized carbons (Fsp3) is 0. The van der Waals surface area contributed by atoms with Gasteiger partial charge in [0.2, 0.25) is 0 Å². The Morgan fingerprint density at radius 3 is 2.82 bits per heavy atom. The second-order valence-corrected chi connectivity index (χ2v) is 3.76. The van der Waals surface area contributed by atoms with Crippen molar-refractivity contribution in [2.24, 2.45) is 5.73 Å². The molecule has 1 aliphatic rings. The Morgan fingerprint density at radius 2 is 2.00 bits per heavy atom. The first kappa shape index (κ1) is 11.5. The van der Waals surface area contributed by atoms with Gasteiger partial charge in [-0.2, -0.15) is 0 Å². The lowest BCUT2D eigenvalue weighted by atomic mass is 10.2. The Hall–Kier alpha value is -2.00. The van der Waals surface area contributed by atoms with E-state index in [-0.39, 0.29) is 0 Å². The van der Waals surface area contributed by atoms with E-state index in [9.17, 15) is 0 Å². The van der Waals surface area contributed by atoms with Crippen LogP contribution in [-0.2, 0) is 0 Å². The van der Waals surface area contributed by atoms with Crippen molar-refractivity contribution < 1.29 is 4.74 Å². The van der Waals surface area contributed by atoms with Gasteiger partial charge in [-0.3, -0.25) is 0 Å². The summed E-state index contributed by atoms with van der Waals surface area (Å²) in [6, 6.07) is 3.39. The summed E-state index contributed by atoms with van der Waals surface area (Å²) in [4.78, 5) is 3.88. The van der Waals surface area contributed by atoms with E-state index in [0.717, 1.165) is 0 Å². The molecule has 0 saturated carbocycles. The third-order valence-electron chi connectivity index (χ3n) is 2.03. The fourth-order valence-electron chi connectivity index (χ4n) is 1.26. The summed E-state index contributed by atoms with van der Waals surface area (Å²) in [5.74, 6) is 1.32. The SMILES string of the molecule is NC1=C\C=C/C=C(Oc2ccnc(Cl)c2)/C=C\1. The molecule has 0 spiro atoms. The van der Waals surface area contributed by atoms with Gasteiger partial charge < -0.3 is 10.5 Å². The van der Waals surface area contributed by atoms with Crippen molar-refractivity contribution in [1.29, 1.82) is 0 Å². The zero-order valence-electron chi connectivity index (χ0n) is 9.01. The smallest absolute Gasteiger partial charge is 0.132 e. The average molecular weight is 247 g/mol. The highest BCUT2D eigenvalue weighted by molar-refractivity contribution is 6.29. The van der Waals surface area contributed by atoms with Crippen molar-refractivity contribution in [2.75, 3.05) is 0 Å². The minimum atomic E-state index is 0.396. The van der Waals surface area contributed by atoms with Crippen molar-refractivity contribution in [2.45, 2.75) is 0 Å². The minimum absolute atomic E-state index is 0.396. The maximum absolute atomic E-state index is 5.77. The first-order chi connectivity index (χ1) is 8.24. The summed E-state index contributed by atoms with van der Waals surface area (Å²) in [5, 5.41) is 0.396. The number of nitrogens with two attached hydrogens (primary N) is 1. The van der Waals surface area contributed by atoms with Gasteiger partial charge in [-0.25, -0.2) is 4.98 Å². The molecular weight excluding hydrogens is 236 g/mol. The Morgan fingerprint density at radius 1 is 1.18 bits per heavy atom. The first-order valence-corrected chi connectivity index (χ1v) is 5.43. The van der Waals surface area contributed by atoms with Crippen LogP contribution >= 0.6 is 11.6 Å². The standard InChI is InChI=1S/C13H11ClN2O/c14-13-9-12(7-8-16-13)17-11-4-2-1-3-10(15)5-6-11/h1-9H,15H2/b2-1-,3-1?,4-2?,6-5-,10-3-,10-5?,11-4-,11-6?. The van der Waals surface area contributed by atoms with Crippen LogP contribution in [0.5, 0.6) is 5.75 Å². The number of hydrogen-bond donors (Lipinski definition) is 1. The number of allylic oxidation sites excluding steroid dienone is 6. The maximum atomic E-state index is 5.77. The van der Waals surface area contributed by atoms with Gasteiger partial charge in [0.25, 0.3) is 0 Å². The second kappa shape index (κ2) is 5.37. The van der Waals surface area contributed by atoms with Crippen molar-refractivity contribution in [3.05, 3.63) is 71.4 Å². The number of pyridine rings is 1. The van der Waals surface area contributed by atoms with E-state index >= 15 is 0 Å². The van der Waals surface area contributed by atoms with Crippen molar-refractivity contribution in [3.8, 4) is 5.75 Å². The zero-order chi connectivity index (χ0) is 12.1. The van der Waals surface area contributed by atoms with E-state index in [4.69, 9.17) is 22.1 Å². The summed E-state index contributed by atoms with van der Waals surface area (Å²) in [6.07, 6.45) is 12.5. The lowest BCUT2D eigenvalue weighted by Crippen LogP contribution is -1.96. The summed E-state index contributed by atoms with van der Waals surface area (Å²) in [6.45, 7) is 0. The molecule has 0 amide bonds. The molecule has 0 fully saturated rings. The Bertz CT molecular complexity index is 530. The summed E-state index contributed by atoms with van der Waals surface area (Å²) < 4.78 is 5.64. The Labute approximate surface area is 105 Å². The predicted molar refractivity (Wildman–Crippen MR) is 68.5 cm³/mol. The lowest BCUT2D eigenvalue weighted by Gasteiger charge is -2.06. The van der Waals surface area contributed by atoms with Crippen LogP contribution in [0.4, 0.5) is 0 Å². The second-order valence-electron chi connectivity index (χ2n) is 3.37. The number of nitrogens with zero attached hydrogens (tertiary/aromatic N) is 1. The summed E-state index contributed by atoms with van der Waals surface area (Å²) in [7, 11) is 0. The van der Waals surface area contributed by atoms with Gasteiger partial charge in [0.15, 0.2) is 0 Å². The van der Waals surface area contributed by atoms with E-state index in [1.807, 2.05) is 24.3 Å². The quantitative estimate of drug-likeness (QED) is 0.816. The van der Waals surface area contributed by atoms with E-state index in [1.165, 1.54) is 0 Å². The number of halogens is 1. The molecule has 1 heterocycles. The van der Waals surface area contributed by atoms with Gasteiger partial charge >= 0.3 is 0 Å². The maximum Gasteiger partial charge on any atom is 0.132 e. The van der Waals surface area contributed by atoms with Crippen molar-refractivity contribution in [3.63, 3.8) is 0 Å². The lowest BCUT2D eigenvalue weighted by molar-refractivity contribution is 0.444. The number of hydrogen-bond acceptors (Lipinski definition) is 3. The molecule has 0 aliphatic heterocycles. The molecule has 1 aromatic rings. The van der Waals surface area contributed by atoms with Crippen LogP contribution in [0.2, 0.25) is 5.15 Å². The summed E-state index contributed by atoms with van der Waals surface area (Å²) in [5.41, 5.74) is 6.36. The molecule has 1 aromatic heterocycles.